The highest BCUT2D eigenvalue weighted by Gasteiger charge is 2.28. The summed E-state index contributed by atoms with van der Waals surface area (Å²) in [7, 11) is -0.0713. The summed E-state index contributed by atoms with van der Waals surface area (Å²) < 4.78 is 32.2. The quantitative estimate of drug-likeness (QED) is 0.787. The van der Waals surface area contributed by atoms with Gasteiger partial charge in [-0.05, 0) is 29.7 Å². The van der Waals surface area contributed by atoms with Crippen LogP contribution in [0.5, 0.6) is 0 Å². The summed E-state index contributed by atoms with van der Waals surface area (Å²) in [6.07, 6.45) is 0.743. The molecule has 2 aliphatic heterocycles. The van der Waals surface area contributed by atoms with Gasteiger partial charge >= 0.3 is 6.03 Å². The minimum absolute atomic E-state index is 0.0536. The van der Waals surface area contributed by atoms with E-state index in [1.165, 1.54) is 4.31 Å². The molecule has 0 atom stereocenters. The highest BCUT2D eigenvalue weighted by molar-refractivity contribution is 7.89. The minimum Gasteiger partial charge on any atom is -0.379 e. The van der Waals surface area contributed by atoms with Crippen LogP contribution in [0.3, 0.4) is 0 Å². The third-order valence-corrected chi connectivity index (χ3v) is 6.35. The molecule has 1 fully saturated rings. The van der Waals surface area contributed by atoms with Gasteiger partial charge in [0.05, 0.1) is 18.1 Å². The van der Waals surface area contributed by atoms with E-state index in [0.29, 0.717) is 44.3 Å². The fourth-order valence-corrected chi connectivity index (χ4v) is 4.54. The topological polar surface area (TPSA) is 70.2 Å². The first-order chi connectivity index (χ1) is 11.4. The van der Waals surface area contributed by atoms with Crippen molar-refractivity contribution in [1.29, 1.82) is 0 Å². The first-order valence-electron chi connectivity index (χ1n) is 8.05. The largest absolute Gasteiger partial charge is 0.379 e. The van der Waals surface area contributed by atoms with Crippen LogP contribution < -0.4 is 0 Å². The zero-order chi connectivity index (χ0) is 17.3. The molecule has 0 saturated carbocycles. The molecule has 2 aliphatic rings. The fourth-order valence-electron chi connectivity index (χ4n) is 3.08. The molecule has 1 saturated heterocycles. The van der Waals surface area contributed by atoms with Crippen LogP contribution in [0.2, 0.25) is 0 Å². The Morgan fingerprint density at radius 3 is 2.50 bits per heavy atom. The molecule has 0 N–H and O–H groups in total. The van der Waals surface area contributed by atoms with Crippen molar-refractivity contribution in [2.45, 2.75) is 17.9 Å². The maximum Gasteiger partial charge on any atom is 0.319 e. The highest BCUT2D eigenvalue weighted by atomic mass is 32.2. The number of urea groups is 1. The van der Waals surface area contributed by atoms with Crippen LogP contribution in [-0.4, -0.2) is 75.5 Å². The molecular formula is C16H23N3O4S. The van der Waals surface area contributed by atoms with Gasteiger partial charge in [-0.15, -0.1) is 0 Å². The number of carbonyl (C=O) groups excluding carboxylic acids is 1. The van der Waals surface area contributed by atoms with E-state index >= 15 is 0 Å². The number of morpholine rings is 1. The summed E-state index contributed by atoms with van der Waals surface area (Å²) >= 11 is 0. The molecule has 7 nitrogen and oxygen atoms in total. The lowest BCUT2D eigenvalue weighted by atomic mass is 10.0. The number of carbonyl (C=O) groups is 1. The maximum atomic E-state index is 12.8. The van der Waals surface area contributed by atoms with Crippen LogP contribution in [0.25, 0.3) is 0 Å². The van der Waals surface area contributed by atoms with E-state index in [-0.39, 0.29) is 6.03 Å². The van der Waals surface area contributed by atoms with Gasteiger partial charge in [0.25, 0.3) is 0 Å². The number of sulfonamides is 1. The van der Waals surface area contributed by atoms with Gasteiger partial charge in [-0.2, -0.15) is 4.31 Å². The van der Waals surface area contributed by atoms with Gasteiger partial charge in [0, 0.05) is 40.3 Å². The molecule has 2 amide bonds. The first-order valence-corrected chi connectivity index (χ1v) is 9.49. The third kappa shape index (κ3) is 3.26. The molecule has 132 valence electrons. The van der Waals surface area contributed by atoms with Crippen LogP contribution in [-0.2, 0) is 27.7 Å². The van der Waals surface area contributed by atoms with E-state index in [4.69, 9.17) is 4.74 Å². The van der Waals surface area contributed by atoms with Gasteiger partial charge in [0.15, 0.2) is 0 Å². The maximum absolute atomic E-state index is 12.8. The third-order valence-electron chi connectivity index (χ3n) is 4.45. The molecule has 0 aliphatic carbocycles. The molecule has 24 heavy (non-hydrogen) atoms. The minimum atomic E-state index is -3.51. The second-order valence-electron chi connectivity index (χ2n) is 6.30. The Hall–Kier alpha value is -1.64. The molecule has 1 aromatic rings. The molecule has 0 unspecified atom stereocenters. The summed E-state index contributed by atoms with van der Waals surface area (Å²) in [4.78, 5) is 15.7. The molecular weight excluding hydrogens is 330 g/mol. The van der Waals surface area contributed by atoms with Crippen molar-refractivity contribution in [3.05, 3.63) is 29.3 Å². The van der Waals surface area contributed by atoms with Gasteiger partial charge in [-0.1, -0.05) is 6.07 Å². The zero-order valence-electron chi connectivity index (χ0n) is 14.1. The Morgan fingerprint density at radius 1 is 1.12 bits per heavy atom. The Morgan fingerprint density at radius 2 is 1.83 bits per heavy atom. The monoisotopic (exact) mass is 353 g/mol. The molecule has 0 bridgehead atoms. The molecule has 3 rings (SSSR count). The summed E-state index contributed by atoms with van der Waals surface area (Å²) in [5.74, 6) is 0. The van der Waals surface area contributed by atoms with E-state index in [1.807, 2.05) is 6.07 Å². The second kappa shape index (κ2) is 6.70. The SMILES string of the molecule is CN(C)C(=O)N1CCc2ccc(S(=O)(=O)N3CCOCC3)cc2C1. The average Bonchev–Trinajstić information content (AvgIpc) is 2.60. The van der Waals surface area contributed by atoms with Gasteiger partial charge < -0.3 is 14.5 Å². The number of benzene rings is 1. The summed E-state index contributed by atoms with van der Waals surface area (Å²) in [5, 5.41) is 0. The Kier molecular flexibility index (Phi) is 4.80. The number of hydrogen-bond donors (Lipinski definition) is 0. The average molecular weight is 353 g/mol. The van der Waals surface area contributed by atoms with Crippen molar-refractivity contribution < 1.29 is 17.9 Å². The smallest absolute Gasteiger partial charge is 0.319 e. The van der Waals surface area contributed by atoms with Crippen molar-refractivity contribution in [2.75, 3.05) is 46.9 Å². The highest BCUT2D eigenvalue weighted by Crippen LogP contribution is 2.25. The van der Waals surface area contributed by atoms with Crippen molar-refractivity contribution >= 4 is 16.1 Å². The van der Waals surface area contributed by atoms with E-state index < -0.39 is 10.0 Å². The van der Waals surface area contributed by atoms with Gasteiger partial charge in [-0.25, -0.2) is 13.2 Å². The normalized spacial score (nSPS) is 19.0. The van der Waals surface area contributed by atoms with E-state index in [1.54, 1.807) is 36.0 Å². The zero-order valence-corrected chi connectivity index (χ0v) is 14.9. The Bertz CT molecular complexity index is 727. The van der Waals surface area contributed by atoms with Crippen LogP contribution >= 0.6 is 0 Å². The number of nitrogens with zero attached hydrogens (tertiary/aromatic N) is 3. The van der Waals surface area contributed by atoms with E-state index in [9.17, 15) is 13.2 Å². The van der Waals surface area contributed by atoms with Gasteiger partial charge in [0.2, 0.25) is 10.0 Å². The van der Waals surface area contributed by atoms with E-state index in [2.05, 4.69) is 0 Å². The number of rotatable bonds is 2. The molecule has 0 spiro atoms. The van der Waals surface area contributed by atoms with Crippen LogP contribution in [0.1, 0.15) is 11.1 Å². The Balaban J connectivity index is 1.86. The van der Waals surface area contributed by atoms with Crippen LogP contribution in [0, 0.1) is 0 Å². The van der Waals surface area contributed by atoms with Gasteiger partial charge in [-0.3, -0.25) is 0 Å². The summed E-state index contributed by atoms with van der Waals surface area (Å²) in [5.41, 5.74) is 2.02. The van der Waals surface area contributed by atoms with Gasteiger partial charge in [0.1, 0.15) is 0 Å². The van der Waals surface area contributed by atoms with Crippen molar-refractivity contribution in [3.8, 4) is 0 Å². The second-order valence-corrected chi connectivity index (χ2v) is 8.23. The lowest BCUT2D eigenvalue weighted by Gasteiger charge is -2.32. The lowest BCUT2D eigenvalue weighted by molar-refractivity contribution is 0.0730. The fraction of sp³-hybridized carbons (Fsp3) is 0.562. The number of fused-ring (bicyclic) bond motifs is 1. The van der Waals surface area contributed by atoms with Crippen molar-refractivity contribution in [1.82, 2.24) is 14.1 Å². The molecule has 2 heterocycles. The molecule has 0 aromatic heterocycles. The molecule has 1 aromatic carbocycles. The first kappa shape index (κ1) is 17.2. The summed E-state index contributed by atoms with van der Waals surface area (Å²) in [6, 6.07) is 5.21. The van der Waals surface area contributed by atoms with Crippen LogP contribution in [0.15, 0.2) is 23.1 Å². The summed E-state index contributed by atoms with van der Waals surface area (Å²) in [6.45, 7) is 2.71. The lowest BCUT2D eigenvalue weighted by Crippen LogP contribution is -2.42. The predicted molar refractivity (Wildman–Crippen MR) is 89.2 cm³/mol. The Labute approximate surface area is 142 Å². The molecule has 0 radical (unpaired) electrons. The van der Waals surface area contributed by atoms with Crippen molar-refractivity contribution in [3.63, 3.8) is 0 Å². The van der Waals surface area contributed by atoms with E-state index in [0.717, 1.165) is 17.5 Å². The number of hydrogen-bond acceptors (Lipinski definition) is 4. The van der Waals surface area contributed by atoms with Crippen LogP contribution in [0.4, 0.5) is 4.79 Å². The standard InChI is InChI=1S/C16H23N3O4S/c1-17(2)16(20)18-6-5-13-3-4-15(11-14(13)12-18)24(21,22)19-7-9-23-10-8-19/h3-4,11H,5-10,12H2,1-2H3. The number of amides is 2. The molecule has 8 heteroatoms. The predicted octanol–water partition coefficient (Wildman–Crippen LogP) is 0.747. The number of ether oxygens (including phenoxy) is 1. The van der Waals surface area contributed by atoms with Crippen molar-refractivity contribution in [2.24, 2.45) is 0 Å².